The topological polar surface area (TPSA) is 26.0 Å². The molecule has 3 rings (SSSR count). The number of hydrogen-bond donors (Lipinski definition) is 1. The zero-order valence-corrected chi connectivity index (χ0v) is 9.42. The van der Waals surface area contributed by atoms with Crippen LogP contribution in [0.3, 0.4) is 0 Å². The molecule has 15 heavy (non-hydrogen) atoms. The molecule has 2 aliphatic carbocycles. The number of hydrogen-bond acceptors (Lipinski definition) is 1. The SMILES string of the molecule is Cc1ccc2c(c1)CCC2CC1(N)CC1. The third-order valence-corrected chi connectivity index (χ3v) is 4.05. The van der Waals surface area contributed by atoms with Crippen molar-refractivity contribution in [3.63, 3.8) is 0 Å². The Morgan fingerprint density at radius 2 is 2.20 bits per heavy atom. The first-order valence-corrected chi connectivity index (χ1v) is 6.05. The molecule has 0 bridgehead atoms. The summed E-state index contributed by atoms with van der Waals surface area (Å²) in [5, 5.41) is 0. The maximum atomic E-state index is 6.21. The van der Waals surface area contributed by atoms with Crippen LogP contribution in [0.5, 0.6) is 0 Å². The molecule has 0 amide bonds. The Labute approximate surface area is 91.7 Å². The van der Waals surface area contributed by atoms with Crippen LogP contribution in [-0.4, -0.2) is 5.54 Å². The maximum Gasteiger partial charge on any atom is 0.0161 e. The van der Waals surface area contributed by atoms with E-state index in [9.17, 15) is 0 Å². The van der Waals surface area contributed by atoms with E-state index in [1.54, 1.807) is 11.1 Å². The number of nitrogens with two attached hydrogens (primary N) is 1. The summed E-state index contributed by atoms with van der Waals surface area (Å²) in [5.41, 5.74) is 11.0. The third-order valence-electron chi connectivity index (χ3n) is 4.05. The van der Waals surface area contributed by atoms with Crippen LogP contribution in [0.25, 0.3) is 0 Å². The van der Waals surface area contributed by atoms with Crippen LogP contribution in [-0.2, 0) is 6.42 Å². The molecule has 1 saturated carbocycles. The average Bonchev–Trinajstić information content (AvgIpc) is 2.79. The molecule has 80 valence electrons. The van der Waals surface area contributed by atoms with Crippen molar-refractivity contribution in [3.8, 4) is 0 Å². The van der Waals surface area contributed by atoms with Crippen LogP contribution < -0.4 is 5.73 Å². The number of rotatable bonds is 2. The van der Waals surface area contributed by atoms with Gasteiger partial charge in [-0.3, -0.25) is 0 Å². The van der Waals surface area contributed by atoms with Crippen molar-refractivity contribution < 1.29 is 0 Å². The summed E-state index contributed by atoms with van der Waals surface area (Å²) in [7, 11) is 0. The molecule has 0 spiro atoms. The van der Waals surface area contributed by atoms with Gasteiger partial charge in [0.15, 0.2) is 0 Å². The summed E-state index contributed by atoms with van der Waals surface area (Å²) in [6.45, 7) is 2.18. The molecule has 0 saturated heterocycles. The molecule has 0 aliphatic heterocycles. The minimum absolute atomic E-state index is 0.206. The summed E-state index contributed by atoms with van der Waals surface area (Å²) in [6.07, 6.45) is 6.27. The van der Waals surface area contributed by atoms with Crippen LogP contribution in [0.15, 0.2) is 18.2 Å². The second-order valence-electron chi connectivity index (χ2n) is 5.50. The lowest BCUT2D eigenvalue weighted by Gasteiger charge is -2.16. The standard InChI is InChI=1S/C14H19N/c1-10-2-5-13-11(8-10)3-4-12(13)9-14(15)6-7-14/h2,5,8,12H,3-4,6-7,9,15H2,1H3. The van der Waals surface area contributed by atoms with Gasteiger partial charge in [-0.05, 0) is 56.1 Å². The zero-order valence-electron chi connectivity index (χ0n) is 9.42. The highest BCUT2D eigenvalue weighted by atomic mass is 14.8. The van der Waals surface area contributed by atoms with E-state index in [2.05, 4.69) is 25.1 Å². The summed E-state index contributed by atoms with van der Waals surface area (Å²) < 4.78 is 0. The molecule has 1 heteroatoms. The molecule has 1 atom stereocenters. The number of fused-ring (bicyclic) bond motifs is 1. The van der Waals surface area contributed by atoms with Gasteiger partial charge in [-0.1, -0.05) is 23.8 Å². The molecule has 0 radical (unpaired) electrons. The Bertz CT molecular complexity index is 390. The van der Waals surface area contributed by atoms with Gasteiger partial charge in [0.05, 0.1) is 0 Å². The normalized spacial score (nSPS) is 26.4. The molecule has 1 aromatic carbocycles. The number of aryl methyl sites for hydroxylation is 2. The summed E-state index contributed by atoms with van der Waals surface area (Å²) >= 11 is 0. The summed E-state index contributed by atoms with van der Waals surface area (Å²) in [6, 6.07) is 6.92. The van der Waals surface area contributed by atoms with Crippen molar-refractivity contribution in [2.45, 2.75) is 50.5 Å². The third kappa shape index (κ3) is 1.69. The van der Waals surface area contributed by atoms with Crippen LogP contribution >= 0.6 is 0 Å². The molecule has 1 nitrogen and oxygen atoms in total. The lowest BCUT2D eigenvalue weighted by molar-refractivity contribution is 0.513. The van der Waals surface area contributed by atoms with Gasteiger partial charge in [0.25, 0.3) is 0 Å². The van der Waals surface area contributed by atoms with Gasteiger partial charge in [-0.15, -0.1) is 0 Å². The van der Waals surface area contributed by atoms with Gasteiger partial charge in [0, 0.05) is 5.54 Å². The Morgan fingerprint density at radius 1 is 1.40 bits per heavy atom. The van der Waals surface area contributed by atoms with Gasteiger partial charge in [0.1, 0.15) is 0 Å². The van der Waals surface area contributed by atoms with Crippen LogP contribution in [0.4, 0.5) is 0 Å². The fraction of sp³-hybridized carbons (Fsp3) is 0.571. The monoisotopic (exact) mass is 201 g/mol. The maximum absolute atomic E-state index is 6.21. The first-order valence-electron chi connectivity index (χ1n) is 6.05. The van der Waals surface area contributed by atoms with Crippen molar-refractivity contribution in [2.75, 3.05) is 0 Å². The van der Waals surface area contributed by atoms with Gasteiger partial charge in [0.2, 0.25) is 0 Å². The zero-order chi connectivity index (χ0) is 10.5. The van der Waals surface area contributed by atoms with E-state index in [1.807, 2.05) is 0 Å². The Morgan fingerprint density at radius 3 is 2.93 bits per heavy atom. The van der Waals surface area contributed by atoms with Crippen LogP contribution in [0, 0.1) is 6.92 Å². The highest BCUT2D eigenvalue weighted by Crippen LogP contribution is 2.45. The molecule has 0 heterocycles. The molecule has 1 unspecified atom stereocenters. The van der Waals surface area contributed by atoms with E-state index in [-0.39, 0.29) is 5.54 Å². The van der Waals surface area contributed by atoms with Crippen molar-refractivity contribution >= 4 is 0 Å². The van der Waals surface area contributed by atoms with Gasteiger partial charge < -0.3 is 5.73 Å². The van der Waals surface area contributed by atoms with Gasteiger partial charge in [-0.25, -0.2) is 0 Å². The van der Waals surface area contributed by atoms with Crippen molar-refractivity contribution in [1.29, 1.82) is 0 Å². The average molecular weight is 201 g/mol. The van der Waals surface area contributed by atoms with Crippen LogP contribution in [0.1, 0.15) is 48.3 Å². The number of benzene rings is 1. The summed E-state index contributed by atoms with van der Waals surface area (Å²) in [5.74, 6) is 0.744. The fourth-order valence-corrected chi connectivity index (χ4v) is 2.90. The first kappa shape index (κ1) is 9.41. The van der Waals surface area contributed by atoms with E-state index < -0.39 is 0 Å². The van der Waals surface area contributed by atoms with E-state index in [4.69, 9.17) is 5.73 Å². The van der Waals surface area contributed by atoms with E-state index in [0.29, 0.717) is 0 Å². The highest BCUT2D eigenvalue weighted by molar-refractivity contribution is 5.38. The van der Waals surface area contributed by atoms with Crippen LogP contribution in [0.2, 0.25) is 0 Å². The lowest BCUT2D eigenvalue weighted by Crippen LogP contribution is -2.23. The quantitative estimate of drug-likeness (QED) is 0.782. The smallest absolute Gasteiger partial charge is 0.0161 e. The van der Waals surface area contributed by atoms with E-state index >= 15 is 0 Å². The molecule has 1 fully saturated rings. The molecule has 1 aromatic rings. The fourth-order valence-electron chi connectivity index (χ4n) is 2.90. The van der Waals surface area contributed by atoms with Crippen molar-refractivity contribution in [2.24, 2.45) is 5.73 Å². The first-order chi connectivity index (χ1) is 7.16. The summed E-state index contributed by atoms with van der Waals surface area (Å²) in [4.78, 5) is 0. The molecular weight excluding hydrogens is 182 g/mol. The van der Waals surface area contributed by atoms with E-state index in [0.717, 1.165) is 5.92 Å². The minimum Gasteiger partial charge on any atom is -0.325 e. The largest absolute Gasteiger partial charge is 0.325 e. The molecule has 0 aromatic heterocycles. The van der Waals surface area contributed by atoms with E-state index in [1.165, 1.54) is 37.7 Å². The molecule has 2 N–H and O–H groups in total. The second kappa shape index (κ2) is 3.08. The Kier molecular flexibility index (Phi) is 1.93. The predicted molar refractivity (Wildman–Crippen MR) is 63.0 cm³/mol. The van der Waals surface area contributed by atoms with Gasteiger partial charge >= 0.3 is 0 Å². The predicted octanol–water partition coefficient (Wildman–Crippen LogP) is 2.91. The van der Waals surface area contributed by atoms with Crippen molar-refractivity contribution in [3.05, 3.63) is 34.9 Å². The molecule has 2 aliphatic rings. The molecular formula is C14H19N. The van der Waals surface area contributed by atoms with Crippen molar-refractivity contribution in [1.82, 2.24) is 0 Å². The Balaban J connectivity index is 1.85. The minimum atomic E-state index is 0.206. The lowest BCUT2D eigenvalue weighted by atomic mass is 9.92. The highest BCUT2D eigenvalue weighted by Gasteiger charge is 2.41. The van der Waals surface area contributed by atoms with Gasteiger partial charge in [-0.2, -0.15) is 0 Å². The Hall–Kier alpha value is -0.820. The second-order valence-corrected chi connectivity index (χ2v) is 5.50.